The topological polar surface area (TPSA) is 95.5 Å². The van der Waals surface area contributed by atoms with E-state index in [1.807, 2.05) is 6.92 Å². The Hall–Kier alpha value is -1.59. The number of nitrogens with one attached hydrogen (secondary N) is 2. The molecular weight excluding hydrogens is 236 g/mol. The number of carbonyl (C=O) groups is 3. The monoisotopic (exact) mass is 258 g/mol. The van der Waals surface area contributed by atoms with E-state index in [9.17, 15) is 14.4 Å². The predicted molar refractivity (Wildman–Crippen MR) is 67.1 cm³/mol. The van der Waals surface area contributed by atoms with Crippen molar-refractivity contribution in [2.75, 3.05) is 0 Å². The zero-order chi connectivity index (χ0) is 14.1. The van der Waals surface area contributed by atoms with E-state index < -0.39 is 17.9 Å². The lowest BCUT2D eigenvalue weighted by Crippen LogP contribution is -2.43. The van der Waals surface area contributed by atoms with Crippen LogP contribution in [0.2, 0.25) is 0 Å². The van der Waals surface area contributed by atoms with Gasteiger partial charge in [0, 0.05) is 12.5 Å². The third-order valence-corrected chi connectivity index (χ3v) is 2.37. The quantitative estimate of drug-likeness (QED) is 0.645. The summed E-state index contributed by atoms with van der Waals surface area (Å²) in [7, 11) is 0. The van der Waals surface area contributed by atoms with Gasteiger partial charge in [0.1, 0.15) is 0 Å². The minimum Gasteiger partial charge on any atom is -0.481 e. The third-order valence-electron chi connectivity index (χ3n) is 2.37. The summed E-state index contributed by atoms with van der Waals surface area (Å²) < 4.78 is 0. The zero-order valence-electron chi connectivity index (χ0n) is 11.2. The second kappa shape index (κ2) is 8.49. The first kappa shape index (κ1) is 16.4. The second-order valence-corrected chi connectivity index (χ2v) is 4.79. The Kier molecular flexibility index (Phi) is 7.74. The molecule has 6 heteroatoms. The minimum absolute atomic E-state index is 0.0142. The first-order valence-electron chi connectivity index (χ1n) is 6.13. The highest BCUT2D eigenvalue weighted by Gasteiger charge is 2.12. The minimum atomic E-state index is -1.06. The number of carboxylic acid groups (broad SMARTS) is 1. The molecule has 0 spiro atoms. The highest BCUT2D eigenvalue weighted by molar-refractivity contribution is 5.95. The summed E-state index contributed by atoms with van der Waals surface area (Å²) in [5.41, 5.74) is 0. The molecule has 0 aromatic rings. The number of carboxylic acids is 1. The average molecular weight is 258 g/mol. The van der Waals surface area contributed by atoms with Gasteiger partial charge in [-0.3, -0.25) is 14.9 Å². The smallest absolute Gasteiger partial charge is 0.321 e. The molecule has 0 saturated carbocycles. The van der Waals surface area contributed by atoms with E-state index in [0.29, 0.717) is 5.92 Å². The van der Waals surface area contributed by atoms with Crippen LogP contribution in [0, 0.1) is 5.92 Å². The molecule has 18 heavy (non-hydrogen) atoms. The maximum Gasteiger partial charge on any atom is 0.321 e. The van der Waals surface area contributed by atoms with E-state index in [4.69, 9.17) is 5.11 Å². The summed E-state index contributed by atoms with van der Waals surface area (Å²) in [5.74, 6) is -1.07. The van der Waals surface area contributed by atoms with Crippen LogP contribution in [0.4, 0.5) is 4.79 Å². The van der Waals surface area contributed by atoms with E-state index in [1.165, 1.54) is 0 Å². The van der Waals surface area contributed by atoms with Crippen LogP contribution >= 0.6 is 0 Å². The molecule has 0 bridgehead atoms. The number of carbonyl (C=O) groups excluding carboxylic acids is 2. The van der Waals surface area contributed by atoms with Gasteiger partial charge < -0.3 is 10.4 Å². The number of hydrogen-bond acceptors (Lipinski definition) is 3. The molecule has 0 aliphatic carbocycles. The van der Waals surface area contributed by atoms with Crippen LogP contribution < -0.4 is 10.6 Å². The second-order valence-electron chi connectivity index (χ2n) is 4.79. The SMILES string of the molecule is CC(C)CCC(C)NC(=O)NC(=O)CCC(=O)O. The van der Waals surface area contributed by atoms with Crippen molar-refractivity contribution in [2.24, 2.45) is 5.92 Å². The first-order valence-corrected chi connectivity index (χ1v) is 6.13. The molecule has 0 aromatic carbocycles. The van der Waals surface area contributed by atoms with Gasteiger partial charge in [0.05, 0.1) is 6.42 Å². The molecule has 0 aliphatic rings. The van der Waals surface area contributed by atoms with Crippen molar-refractivity contribution >= 4 is 17.9 Å². The van der Waals surface area contributed by atoms with Crippen LogP contribution in [-0.4, -0.2) is 29.1 Å². The Balaban J connectivity index is 3.81. The summed E-state index contributed by atoms with van der Waals surface area (Å²) in [6.45, 7) is 6.06. The Labute approximate surface area is 107 Å². The van der Waals surface area contributed by atoms with Gasteiger partial charge in [0.25, 0.3) is 0 Å². The summed E-state index contributed by atoms with van der Waals surface area (Å²) in [5, 5.41) is 13.1. The van der Waals surface area contributed by atoms with E-state index in [2.05, 4.69) is 24.5 Å². The molecule has 0 heterocycles. The fourth-order valence-corrected chi connectivity index (χ4v) is 1.32. The lowest BCUT2D eigenvalue weighted by atomic mass is 10.0. The molecule has 0 fully saturated rings. The summed E-state index contributed by atoms with van der Waals surface area (Å²) in [6.07, 6.45) is 1.37. The van der Waals surface area contributed by atoms with Gasteiger partial charge in [-0.1, -0.05) is 13.8 Å². The van der Waals surface area contributed by atoms with Gasteiger partial charge in [-0.25, -0.2) is 4.79 Å². The molecule has 0 saturated heterocycles. The molecule has 0 radical (unpaired) electrons. The molecule has 0 aliphatic heterocycles. The average Bonchev–Trinajstić information content (AvgIpc) is 2.23. The lowest BCUT2D eigenvalue weighted by Gasteiger charge is -2.15. The van der Waals surface area contributed by atoms with E-state index >= 15 is 0 Å². The lowest BCUT2D eigenvalue weighted by molar-refractivity contribution is -0.138. The van der Waals surface area contributed by atoms with Crippen molar-refractivity contribution in [3.05, 3.63) is 0 Å². The van der Waals surface area contributed by atoms with Crippen molar-refractivity contribution in [1.29, 1.82) is 0 Å². The van der Waals surface area contributed by atoms with Gasteiger partial charge in [0.15, 0.2) is 0 Å². The van der Waals surface area contributed by atoms with Crippen LogP contribution in [0.5, 0.6) is 0 Å². The summed E-state index contributed by atoms with van der Waals surface area (Å²) >= 11 is 0. The molecule has 0 rings (SSSR count). The van der Waals surface area contributed by atoms with Crippen molar-refractivity contribution in [3.63, 3.8) is 0 Å². The Morgan fingerprint density at radius 1 is 1.06 bits per heavy atom. The highest BCUT2D eigenvalue weighted by atomic mass is 16.4. The van der Waals surface area contributed by atoms with Crippen LogP contribution in [0.3, 0.4) is 0 Å². The molecule has 1 atom stereocenters. The maximum absolute atomic E-state index is 11.4. The van der Waals surface area contributed by atoms with Crippen molar-refractivity contribution in [3.8, 4) is 0 Å². The maximum atomic E-state index is 11.4. The van der Waals surface area contributed by atoms with Crippen molar-refractivity contribution in [2.45, 2.75) is 52.5 Å². The standard InChI is InChI=1S/C12H22N2O4/c1-8(2)4-5-9(3)13-12(18)14-10(15)6-7-11(16)17/h8-9H,4-7H2,1-3H3,(H,16,17)(H2,13,14,15,18). The van der Waals surface area contributed by atoms with Gasteiger partial charge >= 0.3 is 12.0 Å². The Bertz CT molecular complexity index is 302. The Morgan fingerprint density at radius 2 is 1.67 bits per heavy atom. The number of aliphatic carboxylic acids is 1. The molecule has 3 amide bonds. The van der Waals surface area contributed by atoms with Crippen LogP contribution in [0.1, 0.15) is 46.5 Å². The number of hydrogen-bond donors (Lipinski definition) is 3. The van der Waals surface area contributed by atoms with Gasteiger partial charge in [-0.15, -0.1) is 0 Å². The van der Waals surface area contributed by atoms with Crippen molar-refractivity contribution in [1.82, 2.24) is 10.6 Å². The fraction of sp³-hybridized carbons (Fsp3) is 0.750. The Morgan fingerprint density at radius 3 is 2.17 bits per heavy atom. The number of imide groups is 1. The van der Waals surface area contributed by atoms with Crippen LogP contribution in [-0.2, 0) is 9.59 Å². The first-order chi connectivity index (χ1) is 8.31. The molecule has 104 valence electrons. The largest absolute Gasteiger partial charge is 0.481 e. The highest BCUT2D eigenvalue weighted by Crippen LogP contribution is 2.06. The third kappa shape index (κ3) is 9.62. The number of amides is 3. The summed E-state index contributed by atoms with van der Waals surface area (Å²) in [4.78, 5) is 32.8. The van der Waals surface area contributed by atoms with E-state index in [1.54, 1.807) is 0 Å². The van der Waals surface area contributed by atoms with Crippen molar-refractivity contribution < 1.29 is 19.5 Å². The molecule has 0 aromatic heterocycles. The van der Waals surface area contributed by atoms with E-state index in [0.717, 1.165) is 12.8 Å². The normalized spacial score (nSPS) is 12.0. The number of rotatable bonds is 7. The summed E-state index contributed by atoms with van der Waals surface area (Å²) in [6, 6.07) is -0.582. The van der Waals surface area contributed by atoms with E-state index in [-0.39, 0.29) is 18.9 Å². The molecule has 3 N–H and O–H groups in total. The van der Waals surface area contributed by atoms with Gasteiger partial charge in [-0.05, 0) is 25.7 Å². The van der Waals surface area contributed by atoms with Gasteiger partial charge in [-0.2, -0.15) is 0 Å². The zero-order valence-corrected chi connectivity index (χ0v) is 11.2. The van der Waals surface area contributed by atoms with Crippen LogP contribution in [0.15, 0.2) is 0 Å². The molecule has 6 nitrogen and oxygen atoms in total. The van der Waals surface area contributed by atoms with Crippen LogP contribution in [0.25, 0.3) is 0 Å². The predicted octanol–water partition coefficient (Wildman–Crippen LogP) is 1.50. The molecule has 1 unspecified atom stereocenters. The number of urea groups is 1. The van der Waals surface area contributed by atoms with Gasteiger partial charge in [0.2, 0.25) is 5.91 Å². The molecular formula is C12H22N2O4. The fourth-order valence-electron chi connectivity index (χ4n) is 1.32.